The SMILES string of the molecule is COC(=O)C1=C(C(=O)OC)N(c2cccc(C(OC)OC)c2)C(N)=C(C#N)C1c1ccccc1. The minimum atomic E-state index is -0.933. The number of hydrogen-bond donors (Lipinski definition) is 1. The predicted molar refractivity (Wildman–Crippen MR) is 123 cm³/mol. The third-order valence-corrected chi connectivity index (χ3v) is 5.44. The van der Waals surface area contributed by atoms with Gasteiger partial charge in [0.2, 0.25) is 0 Å². The summed E-state index contributed by atoms with van der Waals surface area (Å²) in [4.78, 5) is 27.5. The molecule has 34 heavy (non-hydrogen) atoms. The molecule has 2 aromatic carbocycles. The summed E-state index contributed by atoms with van der Waals surface area (Å²) >= 11 is 0. The molecule has 0 bridgehead atoms. The van der Waals surface area contributed by atoms with E-state index in [1.165, 1.54) is 33.3 Å². The molecule has 0 aromatic heterocycles. The van der Waals surface area contributed by atoms with Gasteiger partial charge in [-0.3, -0.25) is 4.90 Å². The van der Waals surface area contributed by atoms with Gasteiger partial charge in [-0.2, -0.15) is 5.26 Å². The maximum atomic E-state index is 13.1. The maximum Gasteiger partial charge on any atom is 0.355 e. The Hall–Kier alpha value is -4.13. The molecule has 1 aliphatic heterocycles. The Balaban J connectivity index is 2.37. The van der Waals surface area contributed by atoms with Gasteiger partial charge in [0.15, 0.2) is 6.29 Å². The van der Waals surface area contributed by atoms with Crippen LogP contribution in [0.1, 0.15) is 23.3 Å². The zero-order chi connectivity index (χ0) is 24.8. The van der Waals surface area contributed by atoms with Crippen molar-refractivity contribution < 1.29 is 28.5 Å². The van der Waals surface area contributed by atoms with E-state index in [2.05, 4.69) is 6.07 Å². The highest BCUT2D eigenvalue weighted by atomic mass is 16.7. The molecule has 3 rings (SSSR count). The lowest BCUT2D eigenvalue weighted by Crippen LogP contribution is -2.40. The normalized spacial score (nSPS) is 15.9. The van der Waals surface area contributed by atoms with Crippen molar-refractivity contribution in [1.82, 2.24) is 0 Å². The van der Waals surface area contributed by atoms with E-state index in [1.54, 1.807) is 54.6 Å². The first-order valence-corrected chi connectivity index (χ1v) is 10.2. The molecular weight excluding hydrogens is 438 g/mol. The molecule has 1 atom stereocenters. The predicted octanol–water partition coefficient (Wildman–Crippen LogP) is 2.88. The van der Waals surface area contributed by atoms with Crippen molar-refractivity contribution in [3.8, 4) is 6.07 Å². The standard InChI is InChI=1S/C25H25N3O6/c1-31-23(29)20-19(15-9-6-5-7-10-15)18(14-26)22(27)28(21(20)24(30)32-2)17-12-8-11-16(13-17)25(33-3)34-4/h5-13,19,25H,27H2,1-4H3. The Morgan fingerprint density at radius 3 is 2.18 bits per heavy atom. The molecule has 0 radical (unpaired) electrons. The van der Waals surface area contributed by atoms with Crippen molar-refractivity contribution in [3.05, 3.63) is 88.4 Å². The van der Waals surface area contributed by atoms with Crippen LogP contribution in [0.25, 0.3) is 0 Å². The highest BCUT2D eigenvalue weighted by Crippen LogP contribution is 2.43. The summed E-state index contributed by atoms with van der Waals surface area (Å²) < 4.78 is 20.7. The molecule has 1 aliphatic rings. The van der Waals surface area contributed by atoms with Crippen LogP contribution in [0.5, 0.6) is 0 Å². The number of ether oxygens (including phenoxy) is 4. The van der Waals surface area contributed by atoms with Crippen LogP contribution in [-0.2, 0) is 28.5 Å². The molecule has 0 saturated heterocycles. The molecule has 0 amide bonds. The second-order valence-corrected chi connectivity index (χ2v) is 7.23. The lowest BCUT2D eigenvalue weighted by Gasteiger charge is -2.36. The number of nitrogens with two attached hydrogens (primary N) is 1. The fourth-order valence-corrected chi connectivity index (χ4v) is 3.96. The van der Waals surface area contributed by atoms with E-state index in [0.717, 1.165) is 0 Å². The molecule has 9 nitrogen and oxygen atoms in total. The highest BCUT2D eigenvalue weighted by molar-refractivity contribution is 6.06. The molecule has 0 aliphatic carbocycles. The number of rotatable bonds is 7. The number of benzene rings is 2. The first kappa shape index (κ1) is 24.5. The Labute approximate surface area is 197 Å². The van der Waals surface area contributed by atoms with E-state index >= 15 is 0 Å². The lowest BCUT2D eigenvalue weighted by molar-refractivity contribution is -0.139. The van der Waals surface area contributed by atoms with E-state index in [-0.39, 0.29) is 22.7 Å². The van der Waals surface area contributed by atoms with Gasteiger partial charge in [0.05, 0.1) is 37.4 Å². The summed E-state index contributed by atoms with van der Waals surface area (Å²) in [7, 11) is 5.38. The van der Waals surface area contributed by atoms with Gasteiger partial charge >= 0.3 is 11.9 Å². The van der Waals surface area contributed by atoms with Crippen LogP contribution in [0, 0.1) is 11.3 Å². The number of hydrogen-bond acceptors (Lipinski definition) is 9. The van der Waals surface area contributed by atoms with Gasteiger partial charge in [0, 0.05) is 25.5 Å². The van der Waals surface area contributed by atoms with Crippen LogP contribution in [0.4, 0.5) is 5.69 Å². The van der Waals surface area contributed by atoms with Gasteiger partial charge in [-0.05, 0) is 17.7 Å². The van der Waals surface area contributed by atoms with Crippen molar-refractivity contribution in [1.29, 1.82) is 5.26 Å². The molecule has 0 spiro atoms. The molecule has 9 heteroatoms. The Bertz CT molecular complexity index is 1180. The first-order chi connectivity index (χ1) is 16.4. The fourth-order valence-electron chi connectivity index (χ4n) is 3.96. The Morgan fingerprint density at radius 1 is 0.971 bits per heavy atom. The molecule has 0 fully saturated rings. The number of anilines is 1. The minimum absolute atomic E-state index is 0.0204. The molecule has 2 N–H and O–H groups in total. The van der Waals surface area contributed by atoms with Crippen LogP contribution < -0.4 is 10.6 Å². The smallest absolute Gasteiger partial charge is 0.355 e. The fraction of sp³-hybridized carbons (Fsp3) is 0.240. The zero-order valence-corrected chi connectivity index (χ0v) is 19.3. The quantitative estimate of drug-likeness (QED) is 0.487. The molecule has 176 valence electrons. The summed E-state index contributed by atoms with van der Waals surface area (Å²) in [6.45, 7) is 0. The van der Waals surface area contributed by atoms with Crippen molar-refractivity contribution >= 4 is 17.6 Å². The van der Waals surface area contributed by atoms with E-state index < -0.39 is 24.1 Å². The molecular formula is C25H25N3O6. The lowest BCUT2D eigenvalue weighted by atomic mass is 9.81. The molecule has 1 heterocycles. The average molecular weight is 463 g/mol. The molecule has 1 unspecified atom stereocenters. The topological polar surface area (TPSA) is 124 Å². The third kappa shape index (κ3) is 4.37. The maximum absolute atomic E-state index is 13.1. The summed E-state index contributed by atoms with van der Waals surface area (Å²) in [6, 6.07) is 17.8. The monoisotopic (exact) mass is 463 g/mol. The summed E-state index contributed by atoms with van der Waals surface area (Å²) in [5.41, 5.74) is 7.99. The van der Waals surface area contributed by atoms with Crippen LogP contribution in [0.3, 0.4) is 0 Å². The number of nitriles is 1. The minimum Gasteiger partial charge on any atom is -0.466 e. The molecule has 0 saturated carbocycles. The van der Waals surface area contributed by atoms with E-state index in [0.29, 0.717) is 16.8 Å². The van der Waals surface area contributed by atoms with Gasteiger partial charge in [-0.25, -0.2) is 9.59 Å². The van der Waals surface area contributed by atoms with Gasteiger partial charge in [-0.15, -0.1) is 0 Å². The number of methoxy groups -OCH3 is 4. The number of nitrogens with zero attached hydrogens (tertiary/aromatic N) is 2. The summed E-state index contributed by atoms with van der Waals surface area (Å²) in [6.07, 6.45) is -0.687. The summed E-state index contributed by atoms with van der Waals surface area (Å²) in [5.74, 6) is -2.56. The number of esters is 2. The van der Waals surface area contributed by atoms with Crippen LogP contribution in [0.2, 0.25) is 0 Å². The van der Waals surface area contributed by atoms with Gasteiger partial charge in [-0.1, -0.05) is 42.5 Å². The van der Waals surface area contributed by atoms with Crippen LogP contribution in [-0.4, -0.2) is 40.4 Å². The zero-order valence-electron chi connectivity index (χ0n) is 19.3. The van der Waals surface area contributed by atoms with Crippen molar-refractivity contribution in [2.75, 3.05) is 33.3 Å². The first-order valence-electron chi connectivity index (χ1n) is 10.2. The largest absolute Gasteiger partial charge is 0.466 e. The highest BCUT2D eigenvalue weighted by Gasteiger charge is 2.43. The summed E-state index contributed by atoms with van der Waals surface area (Å²) in [5, 5.41) is 10.1. The second kappa shape index (κ2) is 10.7. The van der Waals surface area contributed by atoms with Crippen molar-refractivity contribution in [3.63, 3.8) is 0 Å². The van der Waals surface area contributed by atoms with Crippen molar-refractivity contribution in [2.45, 2.75) is 12.2 Å². The van der Waals surface area contributed by atoms with Crippen molar-refractivity contribution in [2.24, 2.45) is 5.73 Å². The van der Waals surface area contributed by atoms with Gasteiger partial charge in [0.1, 0.15) is 11.5 Å². The molecule has 2 aromatic rings. The number of carbonyl (C=O) groups excluding carboxylic acids is 2. The third-order valence-electron chi connectivity index (χ3n) is 5.44. The van der Waals surface area contributed by atoms with E-state index in [1.807, 2.05) is 0 Å². The second-order valence-electron chi connectivity index (χ2n) is 7.23. The van der Waals surface area contributed by atoms with Crippen LogP contribution in [0.15, 0.2) is 77.3 Å². The van der Waals surface area contributed by atoms with Gasteiger partial charge < -0.3 is 24.7 Å². The number of allylic oxidation sites excluding steroid dienone is 1. The van der Waals surface area contributed by atoms with E-state index in [9.17, 15) is 14.9 Å². The Morgan fingerprint density at radius 2 is 1.62 bits per heavy atom. The van der Waals surface area contributed by atoms with Gasteiger partial charge in [0.25, 0.3) is 0 Å². The van der Waals surface area contributed by atoms with E-state index in [4.69, 9.17) is 24.7 Å². The average Bonchev–Trinajstić information content (AvgIpc) is 2.88. The van der Waals surface area contributed by atoms with Crippen LogP contribution >= 0.6 is 0 Å². The Kier molecular flexibility index (Phi) is 7.68. The number of carbonyl (C=O) groups is 2.